The number of halogens is 2. The van der Waals surface area contributed by atoms with E-state index in [9.17, 15) is 9.59 Å². The Hall–Kier alpha value is -2.32. The number of benzene rings is 2. The molecule has 0 spiro atoms. The first kappa shape index (κ1) is 24.8. The normalized spacial score (nSPS) is 11.2. The molecule has 9 heteroatoms. The highest BCUT2D eigenvalue weighted by Gasteiger charge is 2.20. The van der Waals surface area contributed by atoms with Crippen molar-refractivity contribution in [3.05, 3.63) is 78.9 Å². The number of thioether (sulfide) groups is 1. The third kappa shape index (κ3) is 5.18. The summed E-state index contributed by atoms with van der Waals surface area (Å²) in [7, 11) is 0. The zero-order valence-electron chi connectivity index (χ0n) is 18.9. The summed E-state index contributed by atoms with van der Waals surface area (Å²) in [5.74, 6) is -0.192. The Balaban J connectivity index is 1.72. The van der Waals surface area contributed by atoms with Gasteiger partial charge in [-0.1, -0.05) is 60.4 Å². The lowest BCUT2D eigenvalue weighted by Gasteiger charge is -2.13. The zero-order chi connectivity index (χ0) is 24.4. The number of rotatable bonds is 7. The summed E-state index contributed by atoms with van der Waals surface area (Å²) in [6, 6.07) is 12.6. The van der Waals surface area contributed by atoms with E-state index in [0.717, 1.165) is 29.7 Å². The Morgan fingerprint density at radius 2 is 1.97 bits per heavy atom. The molecule has 176 valence electrons. The van der Waals surface area contributed by atoms with Crippen molar-refractivity contribution in [1.29, 1.82) is 0 Å². The number of carbonyl (C=O) groups is 1. The molecule has 1 amide bonds. The second-order valence-corrected chi connectivity index (χ2v) is 10.8. The second-order valence-electron chi connectivity index (χ2n) is 7.92. The Morgan fingerprint density at radius 1 is 1.18 bits per heavy atom. The summed E-state index contributed by atoms with van der Waals surface area (Å²) in [5.41, 5.74) is 3.12. The summed E-state index contributed by atoms with van der Waals surface area (Å²) in [5, 5.41) is 4.77. The van der Waals surface area contributed by atoms with Gasteiger partial charge in [0.25, 0.3) is 5.56 Å². The minimum absolute atomic E-state index is 0.0644. The van der Waals surface area contributed by atoms with Crippen LogP contribution in [0.4, 0.5) is 5.69 Å². The maximum atomic E-state index is 13.7. The number of aryl methyl sites for hydroxylation is 3. The Morgan fingerprint density at radius 3 is 2.68 bits per heavy atom. The van der Waals surface area contributed by atoms with Crippen molar-refractivity contribution in [3.8, 4) is 5.69 Å². The lowest BCUT2D eigenvalue weighted by Crippen LogP contribution is -2.23. The van der Waals surface area contributed by atoms with Crippen LogP contribution in [0.3, 0.4) is 0 Å². The second kappa shape index (κ2) is 10.5. The molecular weight excluding hydrogens is 509 g/mol. The van der Waals surface area contributed by atoms with Crippen molar-refractivity contribution in [1.82, 2.24) is 9.55 Å². The molecule has 0 aliphatic rings. The summed E-state index contributed by atoms with van der Waals surface area (Å²) in [6.45, 7) is 6.09. The monoisotopic (exact) mass is 531 g/mol. The summed E-state index contributed by atoms with van der Waals surface area (Å²) in [6.07, 6.45) is 1.90. The highest BCUT2D eigenvalue weighted by molar-refractivity contribution is 7.99. The van der Waals surface area contributed by atoms with Crippen LogP contribution in [-0.2, 0) is 11.2 Å². The van der Waals surface area contributed by atoms with Crippen molar-refractivity contribution in [2.45, 2.75) is 38.8 Å². The lowest BCUT2D eigenvalue weighted by molar-refractivity contribution is -0.113. The van der Waals surface area contributed by atoms with E-state index in [1.165, 1.54) is 16.6 Å². The maximum Gasteiger partial charge on any atom is 0.267 e. The van der Waals surface area contributed by atoms with Crippen LogP contribution in [0.15, 0.2) is 52.4 Å². The molecule has 0 saturated heterocycles. The van der Waals surface area contributed by atoms with Crippen molar-refractivity contribution in [2.24, 2.45) is 0 Å². The molecule has 0 radical (unpaired) electrons. The topological polar surface area (TPSA) is 64.0 Å². The van der Waals surface area contributed by atoms with Crippen LogP contribution in [0.5, 0.6) is 0 Å². The molecule has 2 aromatic heterocycles. The molecule has 2 heterocycles. The molecule has 5 nitrogen and oxygen atoms in total. The summed E-state index contributed by atoms with van der Waals surface area (Å²) in [4.78, 5) is 33.1. The van der Waals surface area contributed by atoms with Crippen LogP contribution in [-0.4, -0.2) is 21.2 Å². The number of thiophene rings is 1. The van der Waals surface area contributed by atoms with Crippen LogP contribution in [0.1, 0.15) is 29.3 Å². The van der Waals surface area contributed by atoms with Gasteiger partial charge >= 0.3 is 0 Å². The van der Waals surface area contributed by atoms with E-state index in [1.807, 2.05) is 38.1 Å². The third-order valence-corrected chi connectivity index (χ3v) is 8.04. The first-order chi connectivity index (χ1) is 16.3. The van der Waals surface area contributed by atoms with Gasteiger partial charge in [-0.25, -0.2) is 4.98 Å². The molecule has 0 aliphatic carbocycles. The van der Waals surface area contributed by atoms with Gasteiger partial charge in [0.05, 0.1) is 27.5 Å². The zero-order valence-corrected chi connectivity index (χ0v) is 22.1. The molecule has 0 atom stereocenters. The number of hydrogen-bond acceptors (Lipinski definition) is 5. The first-order valence-electron chi connectivity index (χ1n) is 10.8. The standard InChI is InChI=1S/C25H23Cl2N3O2S2/c1-4-6-20-15(3)22-23(34-20)29-25(30(24(22)32)17-8-5-7-14(2)11-17)33-13-21(31)28-19-10-9-16(26)12-18(19)27/h5,7-12H,4,6,13H2,1-3H3,(H,28,31). The fourth-order valence-electron chi connectivity index (χ4n) is 3.67. The van der Waals surface area contributed by atoms with Crippen molar-refractivity contribution >= 4 is 68.1 Å². The summed E-state index contributed by atoms with van der Waals surface area (Å²) >= 11 is 14.9. The van der Waals surface area contributed by atoms with E-state index >= 15 is 0 Å². The van der Waals surface area contributed by atoms with E-state index in [4.69, 9.17) is 28.2 Å². The molecule has 0 bridgehead atoms. The average Bonchev–Trinajstić information content (AvgIpc) is 3.10. The molecule has 34 heavy (non-hydrogen) atoms. The number of hydrogen-bond donors (Lipinski definition) is 1. The Bertz CT molecular complexity index is 1450. The van der Waals surface area contributed by atoms with Crippen LogP contribution in [0, 0.1) is 13.8 Å². The van der Waals surface area contributed by atoms with Gasteiger partial charge in [-0.2, -0.15) is 0 Å². The number of anilines is 1. The molecule has 0 aliphatic heterocycles. The van der Waals surface area contributed by atoms with Gasteiger partial charge in [0.1, 0.15) is 4.83 Å². The molecule has 1 N–H and O–H groups in total. The lowest BCUT2D eigenvalue weighted by atomic mass is 10.1. The average molecular weight is 533 g/mol. The van der Waals surface area contributed by atoms with Crippen molar-refractivity contribution in [3.63, 3.8) is 0 Å². The fraction of sp³-hybridized carbons (Fsp3) is 0.240. The van der Waals surface area contributed by atoms with Gasteiger partial charge in [-0.3, -0.25) is 14.2 Å². The molecule has 0 fully saturated rings. The van der Waals surface area contributed by atoms with Gasteiger partial charge < -0.3 is 5.32 Å². The van der Waals surface area contributed by atoms with E-state index in [-0.39, 0.29) is 17.2 Å². The van der Waals surface area contributed by atoms with E-state index in [0.29, 0.717) is 31.1 Å². The predicted octanol–water partition coefficient (Wildman–Crippen LogP) is 7.05. The smallest absolute Gasteiger partial charge is 0.267 e. The number of amides is 1. The van der Waals surface area contributed by atoms with Crippen LogP contribution < -0.4 is 10.9 Å². The highest BCUT2D eigenvalue weighted by atomic mass is 35.5. The molecule has 0 unspecified atom stereocenters. The summed E-state index contributed by atoms with van der Waals surface area (Å²) < 4.78 is 1.61. The van der Waals surface area contributed by atoms with Gasteiger partial charge in [-0.05, 0) is 61.7 Å². The number of carbonyl (C=O) groups excluding carboxylic acids is 1. The van der Waals surface area contributed by atoms with Crippen LogP contribution in [0.2, 0.25) is 10.0 Å². The molecular formula is C25H23Cl2N3O2S2. The fourth-order valence-corrected chi connectivity index (χ4v) is 6.26. The number of nitrogens with one attached hydrogen (secondary N) is 1. The number of aromatic nitrogens is 2. The minimum Gasteiger partial charge on any atom is -0.324 e. The molecule has 0 saturated carbocycles. The molecule has 2 aromatic carbocycles. The van der Waals surface area contributed by atoms with E-state index in [2.05, 4.69) is 12.2 Å². The minimum atomic E-state index is -0.256. The number of fused-ring (bicyclic) bond motifs is 1. The van der Waals surface area contributed by atoms with Crippen molar-refractivity contribution in [2.75, 3.05) is 11.1 Å². The largest absolute Gasteiger partial charge is 0.324 e. The SMILES string of the molecule is CCCc1sc2nc(SCC(=O)Nc3ccc(Cl)cc3Cl)n(-c3cccc(C)c3)c(=O)c2c1C. The third-order valence-electron chi connectivity index (χ3n) is 5.31. The van der Waals surface area contributed by atoms with E-state index in [1.54, 1.807) is 34.1 Å². The Labute approximate surface area is 216 Å². The van der Waals surface area contributed by atoms with Crippen molar-refractivity contribution < 1.29 is 4.79 Å². The maximum absolute atomic E-state index is 13.7. The molecule has 4 rings (SSSR count). The Kier molecular flexibility index (Phi) is 7.67. The van der Waals surface area contributed by atoms with Gasteiger partial charge in [-0.15, -0.1) is 11.3 Å². The van der Waals surface area contributed by atoms with E-state index < -0.39 is 0 Å². The van der Waals surface area contributed by atoms with Crippen LogP contribution >= 0.6 is 46.3 Å². The molecule has 4 aromatic rings. The van der Waals surface area contributed by atoms with Gasteiger partial charge in [0.15, 0.2) is 5.16 Å². The van der Waals surface area contributed by atoms with Gasteiger partial charge in [0.2, 0.25) is 5.91 Å². The quantitative estimate of drug-likeness (QED) is 0.205. The first-order valence-corrected chi connectivity index (χ1v) is 13.3. The highest BCUT2D eigenvalue weighted by Crippen LogP contribution is 2.31. The predicted molar refractivity (Wildman–Crippen MR) is 145 cm³/mol. The number of nitrogens with zero attached hydrogens (tertiary/aromatic N) is 2. The van der Waals surface area contributed by atoms with Crippen LogP contribution in [0.25, 0.3) is 15.9 Å². The van der Waals surface area contributed by atoms with Gasteiger partial charge in [0, 0.05) is 9.90 Å².